The molecule has 6 nitrogen and oxygen atoms in total. The van der Waals surface area contributed by atoms with Crippen molar-refractivity contribution in [3.05, 3.63) is 59.0 Å². The number of rotatable bonds is 6. The van der Waals surface area contributed by atoms with Crippen LogP contribution in [0.3, 0.4) is 0 Å². The average Bonchev–Trinajstić information content (AvgIpc) is 3.05. The van der Waals surface area contributed by atoms with Gasteiger partial charge in [0.1, 0.15) is 5.60 Å². The van der Waals surface area contributed by atoms with Crippen molar-refractivity contribution in [3.63, 3.8) is 0 Å². The third-order valence-electron chi connectivity index (χ3n) is 4.35. The number of sulfonamides is 1. The molecule has 0 fully saturated rings. The molecule has 0 spiro atoms. The van der Waals surface area contributed by atoms with Crippen molar-refractivity contribution in [2.75, 3.05) is 11.9 Å². The molecule has 0 saturated heterocycles. The van der Waals surface area contributed by atoms with E-state index in [-0.39, 0.29) is 17.3 Å². The van der Waals surface area contributed by atoms with E-state index in [2.05, 4.69) is 10.0 Å². The van der Waals surface area contributed by atoms with Gasteiger partial charge in [0, 0.05) is 28.7 Å². The highest BCUT2D eigenvalue weighted by Crippen LogP contribution is 2.33. The molecule has 0 bridgehead atoms. The predicted molar refractivity (Wildman–Crippen MR) is 112 cm³/mol. The second kappa shape index (κ2) is 7.63. The molecule has 3 aromatic rings. The number of carbonyl (C=O) groups is 1. The number of anilines is 1. The van der Waals surface area contributed by atoms with E-state index < -0.39 is 15.6 Å². The molecule has 1 aromatic heterocycles. The van der Waals surface area contributed by atoms with Gasteiger partial charge < -0.3 is 10.4 Å². The first-order valence-corrected chi connectivity index (χ1v) is 11.0. The Morgan fingerprint density at radius 3 is 2.54 bits per heavy atom. The number of fused-ring (bicyclic) bond motifs is 1. The second-order valence-corrected chi connectivity index (χ2v) is 9.73. The Balaban J connectivity index is 1.79. The standard InChI is InChI=1S/C20H22N2O4S2/c1-13-10-16(22-14(2)23)8-9-18(13)28(25,26)21-12-20(3,24)19-11-15-6-4-5-7-17(15)27-19/h4-11,21,24H,12H2,1-3H3,(H,22,23). The summed E-state index contributed by atoms with van der Waals surface area (Å²) in [5.74, 6) is -0.229. The fraction of sp³-hybridized carbons (Fsp3) is 0.250. The van der Waals surface area contributed by atoms with Crippen molar-refractivity contribution < 1.29 is 18.3 Å². The van der Waals surface area contributed by atoms with Crippen LogP contribution in [-0.2, 0) is 20.4 Å². The summed E-state index contributed by atoms with van der Waals surface area (Å²) >= 11 is 1.44. The summed E-state index contributed by atoms with van der Waals surface area (Å²) in [4.78, 5) is 11.9. The van der Waals surface area contributed by atoms with Crippen molar-refractivity contribution in [2.24, 2.45) is 0 Å². The van der Waals surface area contributed by atoms with Crippen LogP contribution in [0.2, 0.25) is 0 Å². The summed E-state index contributed by atoms with van der Waals surface area (Å²) in [6.07, 6.45) is 0. The molecule has 1 unspecified atom stereocenters. The molecule has 0 aliphatic carbocycles. The zero-order valence-electron chi connectivity index (χ0n) is 15.8. The Hall–Kier alpha value is -2.26. The molecular weight excluding hydrogens is 396 g/mol. The van der Waals surface area contributed by atoms with E-state index in [4.69, 9.17) is 0 Å². The van der Waals surface area contributed by atoms with Crippen LogP contribution in [0.5, 0.6) is 0 Å². The summed E-state index contributed by atoms with van der Waals surface area (Å²) in [6, 6.07) is 14.2. The predicted octanol–water partition coefficient (Wildman–Crippen LogP) is 3.35. The minimum Gasteiger partial charge on any atom is -0.383 e. The Morgan fingerprint density at radius 1 is 1.18 bits per heavy atom. The zero-order chi connectivity index (χ0) is 20.5. The first-order valence-electron chi connectivity index (χ1n) is 8.68. The lowest BCUT2D eigenvalue weighted by atomic mass is 10.1. The molecule has 0 aliphatic rings. The number of aryl methyl sites for hydroxylation is 1. The fourth-order valence-corrected chi connectivity index (χ4v) is 5.34. The zero-order valence-corrected chi connectivity index (χ0v) is 17.4. The molecule has 0 saturated carbocycles. The molecule has 0 aliphatic heterocycles. The monoisotopic (exact) mass is 418 g/mol. The lowest BCUT2D eigenvalue weighted by molar-refractivity contribution is -0.114. The summed E-state index contributed by atoms with van der Waals surface area (Å²) in [5.41, 5.74) is -0.317. The number of hydrogen-bond acceptors (Lipinski definition) is 5. The van der Waals surface area contributed by atoms with E-state index in [0.717, 1.165) is 10.1 Å². The Labute approximate surface area is 168 Å². The number of carbonyl (C=O) groups excluding carboxylic acids is 1. The summed E-state index contributed by atoms with van der Waals surface area (Å²) in [5, 5.41) is 14.5. The first kappa shape index (κ1) is 20.5. The van der Waals surface area contributed by atoms with Crippen LogP contribution in [0.1, 0.15) is 24.3 Å². The van der Waals surface area contributed by atoms with E-state index >= 15 is 0 Å². The fourth-order valence-electron chi connectivity index (χ4n) is 2.88. The smallest absolute Gasteiger partial charge is 0.240 e. The third-order valence-corrected chi connectivity index (χ3v) is 7.28. The Bertz CT molecular complexity index is 1100. The highest BCUT2D eigenvalue weighted by Gasteiger charge is 2.28. The van der Waals surface area contributed by atoms with Crippen LogP contribution < -0.4 is 10.0 Å². The van der Waals surface area contributed by atoms with Gasteiger partial charge in [0.2, 0.25) is 15.9 Å². The van der Waals surface area contributed by atoms with Gasteiger partial charge in [-0.25, -0.2) is 13.1 Å². The Morgan fingerprint density at radius 2 is 1.89 bits per heavy atom. The highest BCUT2D eigenvalue weighted by atomic mass is 32.2. The molecule has 1 heterocycles. The molecule has 28 heavy (non-hydrogen) atoms. The third kappa shape index (κ3) is 4.41. The van der Waals surface area contributed by atoms with Crippen molar-refractivity contribution in [1.82, 2.24) is 4.72 Å². The number of aliphatic hydroxyl groups is 1. The normalized spacial score (nSPS) is 14.0. The minimum absolute atomic E-state index is 0.105. The first-order chi connectivity index (χ1) is 13.1. The minimum atomic E-state index is -3.83. The maximum atomic E-state index is 12.7. The molecule has 0 radical (unpaired) electrons. The van der Waals surface area contributed by atoms with Crippen LogP contribution in [0, 0.1) is 6.92 Å². The number of benzene rings is 2. The van der Waals surface area contributed by atoms with E-state index in [1.807, 2.05) is 30.3 Å². The molecule has 1 amide bonds. The van der Waals surface area contributed by atoms with Crippen molar-refractivity contribution in [1.29, 1.82) is 0 Å². The van der Waals surface area contributed by atoms with Crippen molar-refractivity contribution in [3.8, 4) is 0 Å². The lowest BCUT2D eigenvalue weighted by Crippen LogP contribution is -2.38. The van der Waals surface area contributed by atoms with Crippen LogP contribution in [0.25, 0.3) is 10.1 Å². The molecule has 1 atom stereocenters. The van der Waals surface area contributed by atoms with Gasteiger partial charge >= 0.3 is 0 Å². The van der Waals surface area contributed by atoms with Gasteiger partial charge in [-0.3, -0.25) is 4.79 Å². The lowest BCUT2D eigenvalue weighted by Gasteiger charge is -2.22. The van der Waals surface area contributed by atoms with Crippen molar-refractivity contribution >= 4 is 43.0 Å². The van der Waals surface area contributed by atoms with E-state index in [1.165, 1.54) is 30.4 Å². The number of hydrogen-bond donors (Lipinski definition) is 3. The van der Waals surface area contributed by atoms with Crippen LogP contribution in [-0.4, -0.2) is 26.0 Å². The van der Waals surface area contributed by atoms with Gasteiger partial charge in [-0.2, -0.15) is 0 Å². The number of amides is 1. The summed E-state index contributed by atoms with van der Waals surface area (Å²) in [6.45, 7) is 4.48. The molecule has 3 rings (SSSR count). The molecule has 8 heteroatoms. The van der Waals surface area contributed by atoms with E-state index in [9.17, 15) is 18.3 Å². The maximum absolute atomic E-state index is 12.7. The highest BCUT2D eigenvalue weighted by molar-refractivity contribution is 7.89. The summed E-state index contributed by atoms with van der Waals surface area (Å²) < 4.78 is 29.0. The SMILES string of the molecule is CC(=O)Nc1ccc(S(=O)(=O)NCC(C)(O)c2cc3ccccc3s2)c(C)c1. The van der Waals surface area contributed by atoms with Gasteiger partial charge in [-0.05, 0) is 55.1 Å². The van der Waals surface area contributed by atoms with Crippen LogP contribution in [0.15, 0.2) is 53.4 Å². The van der Waals surface area contributed by atoms with Crippen molar-refractivity contribution in [2.45, 2.75) is 31.3 Å². The Kier molecular flexibility index (Phi) is 5.58. The number of thiophene rings is 1. The second-order valence-electron chi connectivity index (χ2n) is 6.91. The van der Waals surface area contributed by atoms with Gasteiger partial charge in [-0.1, -0.05) is 18.2 Å². The van der Waals surface area contributed by atoms with Gasteiger partial charge in [0.25, 0.3) is 0 Å². The van der Waals surface area contributed by atoms with Crippen LogP contribution >= 0.6 is 11.3 Å². The molecule has 148 valence electrons. The van der Waals surface area contributed by atoms with Gasteiger partial charge in [0.05, 0.1) is 4.90 Å². The summed E-state index contributed by atoms with van der Waals surface area (Å²) in [7, 11) is -3.83. The van der Waals surface area contributed by atoms with Gasteiger partial charge in [-0.15, -0.1) is 11.3 Å². The molecule has 3 N–H and O–H groups in total. The average molecular weight is 419 g/mol. The maximum Gasteiger partial charge on any atom is 0.240 e. The molecular formula is C20H22N2O4S2. The number of nitrogens with one attached hydrogen (secondary N) is 2. The van der Waals surface area contributed by atoms with E-state index in [1.54, 1.807) is 19.9 Å². The van der Waals surface area contributed by atoms with Gasteiger partial charge in [0.15, 0.2) is 0 Å². The topological polar surface area (TPSA) is 95.5 Å². The molecule has 2 aromatic carbocycles. The largest absolute Gasteiger partial charge is 0.383 e. The quantitative estimate of drug-likeness (QED) is 0.572. The van der Waals surface area contributed by atoms with Crippen LogP contribution in [0.4, 0.5) is 5.69 Å². The van der Waals surface area contributed by atoms with E-state index in [0.29, 0.717) is 16.1 Å².